The van der Waals surface area contributed by atoms with Gasteiger partial charge in [-0.1, -0.05) is 12.1 Å². The zero-order valence-corrected chi connectivity index (χ0v) is 31.6. The summed E-state index contributed by atoms with van der Waals surface area (Å²) in [6.45, 7) is 1.13. The molecule has 1 saturated heterocycles. The Morgan fingerprint density at radius 1 is 1.04 bits per heavy atom. The molecule has 13 nitrogen and oxygen atoms in total. The number of aromatic nitrogens is 5. The van der Waals surface area contributed by atoms with Crippen molar-refractivity contribution in [1.29, 1.82) is 0 Å². The first-order valence-corrected chi connectivity index (χ1v) is 19.6. The number of carbonyl (C=O) groups is 3. The van der Waals surface area contributed by atoms with E-state index in [-0.39, 0.29) is 44.8 Å². The maximum absolute atomic E-state index is 15.3. The largest absolute Gasteiger partial charge is 0.435 e. The lowest BCUT2D eigenvalue weighted by molar-refractivity contribution is -0.142. The number of nitrogens with one attached hydrogen (secondary N) is 2. The molecule has 4 heterocycles. The minimum absolute atomic E-state index is 0.0225. The van der Waals surface area contributed by atoms with Gasteiger partial charge < -0.3 is 10.6 Å². The maximum Gasteiger partial charge on any atom is 0.435 e. The Labute approximate surface area is 322 Å². The minimum atomic E-state index is -5.10. The van der Waals surface area contributed by atoms with Gasteiger partial charge in [-0.2, -0.15) is 36.5 Å². The van der Waals surface area contributed by atoms with Crippen LogP contribution in [0.2, 0.25) is 0 Å². The summed E-state index contributed by atoms with van der Waals surface area (Å²) >= 11 is 0.658. The molecule has 1 aliphatic carbocycles. The quantitative estimate of drug-likeness (QED) is 0.132. The smallest absolute Gasteiger partial charge is 0.346 e. The average Bonchev–Trinajstić information content (AvgIpc) is 3.61. The summed E-state index contributed by atoms with van der Waals surface area (Å²) < 4.78 is 129. The van der Waals surface area contributed by atoms with E-state index in [1.54, 1.807) is 6.07 Å². The van der Waals surface area contributed by atoms with Crippen molar-refractivity contribution >= 4 is 61.9 Å². The number of sulfonamides is 1. The third-order valence-electron chi connectivity index (χ3n) is 9.21. The number of rotatable bonds is 10. The first-order chi connectivity index (χ1) is 26.6. The SMILES string of the molecule is CC(=O)Nc1cnc([C@H](Cc2cc(F)cc(F)c2)NC(=O)Cn2nc(C(F)(F)F)c3c2C(F)(F)[C@@H]2S[C@H]32)c(-c2cccc3c(N(C(C)=O)S(C)(=O)=O)nn(C)c23)c1. The predicted molar refractivity (Wildman–Crippen MR) is 192 cm³/mol. The molecule has 2 N–H and O–H groups in total. The van der Waals surface area contributed by atoms with Crippen molar-refractivity contribution in [1.82, 2.24) is 29.9 Å². The molecule has 0 radical (unpaired) electrons. The topological polar surface area (TPSA) is 161 Å². The van der Waals surface area contributed by atoms with Crippen LogP contribution in [0.15, 0.2) is 48.7 Å². The number of benzene rings is 2. The molecule has 300 valence electrons. The number of anilines is 2. The van der Waals surface area contributed by atoms with E-state index in [9.17, 15) is 44.8 Å². The van der Waals surface area contributed by atoms with Gasteiger partial charge >= 0.3 is 12.1 Å². The Morgan fingerprint density at radius 2 is 1.72 bits per heavy atom. The van der Waals surface area contributed by atoms with E-state index >= 15 is 8.78 Å². The molecular formula is C35H29F7N8O5S2. The van der Waals surface area contributed by atoms with Crippen molar-refractivity contribution < 1.29 is 53.5 Å². The van der Waals surface area contributed by atoms with Gasteiger partial charge in [0.15, 0.2) is 11.5 Å². The van der Waals surface area contributed by atoms with Gasteiger partial charge in [-0.25, -0.2) is 17.2 Å². The molecule has 0 spiro atoms. The summed E-state index contributed by atoms with van der Waals surface area (Å²) in [7, 11) is -2.74. The summed E-state index contributed by atoms with van der Waals surface area (Å²) in [6, 6.07) is 7.07. The lowest BCUT2D eigenvalue weighted by Gasteiger charge is -2.23. The summed E-state index contributed by atoms with van der Waals surface area (Å²) in [6.07, 6.45) is -3.51. The molecule has 3 amide bonds. The van der Waals surface area contributed by atoms with E-state index in [1.807, 2.05) is 0 Å². The van der Waals surface area contributed by atoms with Crippen LogP contribution in [0.25, 0.3) is 22.0 Å². The fourth-order valence-electron chi connectivity index (χ4n) is 7.19. The number of alkyl halides is 5. The standard InChI is InChI=1S/C35H29F7N8O5S2/c1-15(51)44-20-12-23(21-6-5-7-22-28(21)48(3)47-33(22)50(16(2)52)57(4,54)55)27(43-13-20)24(10-17-8-18(36)11-19(37)9-17)45-25(53)14-49-31-26(30(46-49)35(40,41)42)29-32(56-29)34(31,38)39/h5-9,11-13,24,29,32H,10,14H2,1-4H3,(H,44,51)(H,45,53)/t24-,29+,32+/m0/s1. The van der Waals surface area contributed by atoms with Crippen LogP contribution in [0.3, 0.4) is 0 Å². The van der Waals surface area contributed by atoms with Gasteiger partial charge in [0.25, 0.3) is 0 Å². The van der Waals surface area contributed by atoms with Gasteiger partial charge in [0.05, 0.1) is 45.9 Å². The van der Waals surface area contributed by atoms with Crippen LogP contribution in [0.4, 0.5) is 42.2 Å². The van der Waals surface area contributed by atoms with Crippen LogP contribution in [0.5, 0.6) is 0 Å². The number of fused-ring (bicyclic) bond motifs is 4. The second-order valence-corrected chi connectivity index (χ2v) is 16.6. The number of para-hydroxylation sites is 1. The Morgan fingerprint density at radius 3 is 2.33 bits per heavy atom. The van der Waals surface area contributed by atoms with Crippen molar-refractivity contribution in [2.75, 3.05) is 15.9 Å². The molecule has 7 rings (SSSR count). The molecule has 2 aliphatic rings. The first kappa shape index (κ1) is 39.7. The lowest BCUT2D eigenvalue weighted by Crippen LogP contribution is -2.35. The molecule has 1 fully saturated rings. The number of pyridine rings is 1. The highest BCUT2D eigenvalue weighted by atomic mass is 32.2. The summed E-state index contributed by atoms with van der Waals surface area (Å²) in [5.41, 5.74) is -2.63. The zero-order valence-electron chi connectivity index (χ0n) is 30.0. The van der Waals surface area contributed by atoms with Gasteiger partial charge in [-0.3, -0.25) is 28.7 Å². The Balaban J connectivity index is 1.37. The predicted octanol–water partition coefficient (Wildman–Crippen LogP) is 5.76. The van der Waals surface area contributed by atoms with Crippen LogP contribution in [-0.2, 0) is 56.5 Å². The van der Waals surface area contributed by atoms with E-state index in [0.29, 0.717) is 26.8 Å². The number of carbonyl (C=O) groups excluding carboxylic acids is 3. The molecule has 0 unspecified atom stereocenters. The molecule has 3 aromatic heterocycles. The molecule has 5 aromatic rings. The Kier molecular flexibility index (Phi) is 9.65. The van der Waals surface area contributed by atoms with E-state index in [2.05, 4.69) is 25.8 Å². The van der Waals surface area contributed by atoms with Gasteiger partial charge in [-0.05, 0) is 36.2 Å². The molecule has 2 aromatic carbocycles. The fourth-order valence-corrected chi connectivity index (χ4v) is 9.28. The molecule has 22 heteroatoms. The monoisotopic (exact) mass is 838 g/mol. The van der Waals surface area contributed by atoms with E-state index < -0.39 is 97.9 Å². The van der Waals surface area contributed by atoms with Crippen LogP contribution in [0, 0.1) is 11.6 Å². The minimum Gasteiger partial charge on any atom is -0.346 e. The number of halogens is 7. The van der Waals surface area contributed by atoms with Crippen LogP contribution in [0.1, 0.15) is 53.3 Å². The highest BCUT2D eigenvalue weighted by molar-refractivity contribution is 8.07. The highest BCUT2D eigenvalue weighted by Gasteiger charge is 2.69. The number of hydrogen-bond acceptors (Lipinski definition) is 9. The normalized spacial score (nSPS) is 17.5. The van der Waals surface area contributed by atoms with Crippen molar-refractivity contribution in [3.63, 3.8) is 0 Å². The number of nitrogens with zero attached hydrogens (tertiary/aromatic N) is 6. The van der Waals surface area contributed by atoms with E-state index in [4.69, 9.17) is 0 Å². The molecular weight excluding hydrogens is 810 g/mol. The van der Waals surface area contributed by atoms with Crippen molar-refractivity contribution in [3.8, 4) is 11.1 Å². The second kappa shape index (κ2) is 13.9. The third-order valence-corrected chi connectivity index (χ3v) is 11.7. The molecule has 57 heavy (non-hydrogen) atoms. The first-order valence-electron chi connectivity index (χ1n) is 16.8. The Hall–Kier alpha value is -5.51. The molecule has 0 saturated carbocycles. The summed E-state index contributed by atoms with van der Waals surface area (Å²) in [5, 5.41) is 10.4. The van der Waals surface area contributed by atoms with Gasteiger partial charge in [-0.15, -0.1) is 11.8 Å². The van der Waals surface area contributed by atoms with Crippen molar-refractivity contribution in [2.45, 2.75) is 55.5 Å². The molecule has 1 aliphatic heterocycles. The lowest BCUT2D eigenvalue weighted by atomic mass is 9.93. The van der Waals surface area contributed by atoms with E-state index in [0.717, 1.165) is 25.3 Å². The van der Waals surface area contributed by atoms with Crippen LogP contribution < -0.4 is 14.9 Å². The van der Waals surface area contributed by atoms with Crippen molar-refractivity contribution in [3.05, 3.63) is 88.5 Å². The average molecular weight is 839 g/mol. The molecule has 0 bridgehead atoms. The number of thioether (sulfide) groups is 1. The summed E-state index contributed by atoms with van der Waals surface area (Å²) in [4.78, 5) is 43.0. The van der Waals surface area contributed by atoms with E-state index in [1.165, 1.54) is 43.0 Å². The second-order valence-electron chi connectivity index (χ2n) is 13.5. The van der Waals surface area contributed by atoms with Crippen molar-refractivity contribution in [2.24, 2.45) is 7.05 Å². The van der Waals surface area contributed by atoms with Crippen LogP contribution in [-0.4, -0.2) is 62.2 Å². The van der Waals surface area contributed by atoms with Crippen LogP contribution >= 0.6 is 11.8 Å². The third kappa shape index (κ3) is 7.30. The zero-order chi connectivity index (χ0) is 41.5. The number of aryl methyl sites for hydroxylation is 1. The summed E-state index contributed by atoms with van der Waals surface area (Å²) in [5.74, 6) is -8.46. The Bertz CT molecular complexity index is 2610. The van der Waals surface area contributed by atoms with Gasteiger partial charge in [0, 0.05) is 49.0 Å². The fraction of sp³-hybridized carbons (Fsp3) is 0.314. The number of amides is 3. The molecule has 3 atom stereocenters. The van der Waals surface area contributed by atoms with Gasteiger partial charge in [0.2, 0.25) is 27.7 Å². The van der Waals surface area contributed by atoms with Gasteiger partial charge in [0.1, 0.15) is 23.9 Å². The highest BCUT2D eigenvalue weighted by Crippen LogP contribution is 2.72. The number of hydrogen-bond donors (Lipinski definition) is 2. The maximum atomic E-state index is 15.3.